The number of piperidine rings is 1. The molecule has 0 radical (unpaired) electrons. The van der Waals surface area contributed by atoms with Gasteiger partial charge in [-0.15, -0.1) is 0 Å². The minimum Gasteiger partial charge on any atom is -0.337 e. The second kappa shape index (κ2) is 8.27. The van der Waals surface area contributed by atoms with Crippen molar-refractivity contribution >= 4 is 5.91 Å². The molecule has 2 heterocycles. The Labute approximate surface area is 153 Å². The van der Waals surface area contributed by atoms with Crippen LogP contribution in [-0.2, 0) is 6.42 Å². The predicted octanol–water partition coefficient (Wildman–Crippen LogP) is 1.86. The van der Waals surface area contributed by atoms with Gasteiger partial charge in [-0.1, -0.05) is 30.3 Å². The van der Waals surface area contributed by atoms with Crippen LogP contribution in [0, 0.1) is 6.92 Å². The SMILES string of the molecule is Cc1ncc(C(=O)N2CCC[C@@H](N(C)CCc3ccccc3)C2)c(=O)[nH]1. The lowest BCUT2D eigenvalue weighted by Gasteiger charge is -2.37. The summed E-state index contributed by atoms with van der Waals surface area (Å²) in [6, 6.07) is 10.7. The molecule has 138 valence electrons. The van der Waals surface area contributed by atoms with Gasteiger partial charge in [0.05, 0.1) is 0 Å². The number of hydrogen-bond donors (Lipinski definition) is 1. The number of likely N-dealkylation sites (N-methyl/N-ethyl adjacent to an activating group) is 1. The molecule has 6 nitrogen and oxygen atoms in total. The highest BCUT2D eigenvalue weighted by molar-refractivity contribution is 5.93. The van der Waals surface area contributed by atoms with Crippen molar-refractivity contribution < 1.29 is 4.79 Å². The molecule has 1 N–H and O–H groups in total. The molecule has 26 heavy (non-hydrogen) atoms. The van der Waals surface area contributed by atoms with Gasteiger partial charge < -0.3 is 14.8 Å². The van der Waals surface area contributed by atoms with Crippen LogP contribution in [0.4, 0.5) is 0 Å². The summed E-state index contributed by atoms with van der Waals surface area (Å²) in [6.45, 7) is 3.99. The fourth-order valence-electron chi connectivity index (χ4n) is 3.44. The van der Waals surface area contributed by atoms with Crippen molar-refractivity contribution in [3.8, 4) is 0 Å². The van der Waals surface area contributed by atoms with Crippen LogP contribution < -0.4 is 5.56 Å². The van der Waals surface area contributed by atoms with Crippen molar-refractivity contribution in [3.63, 3.8) is 0 Å². The molecule has 2 aromatic rings. The molecule has 1 aliphatic heterocycles. The van der Waals surface area contributed by atoms with E-state index in [-0.39, 0.29) is 17.0 Å². The number of likely N-dealkylation sites (tertiary alicyclic amines) is 1. The third kappa shape index (κ3) is 4.38. The minimum atomic E-state index is -0.359. The zero-order valence-electron chi connectivity index (χ0n) is 15.4. The molecule has 1 fully saturated rings. The number of nitrogens with zero attached hydrogens (tertiary/aromatic N) is 3. The minimum absolute atomic E-state index is 0.128. The maximum atomic E-state index is 12.7. The Hall–Kier alpha value is -2.47. The molecule has 0 bridgehead atoms. The first-order valence-corrected chi connectivity index (χ1v) is 9.14. The Balaban J connectivity index is 1.61. The van der Waals surface area contributed by atoms with Gasteiger partial charge in [0.25, 0.3) is 11.5 Å². The van der Waals surface area contributed by atoms with Crippen LogP contribution in [-0.4, -0.2) is 58.4 Å². The van der Waals surface area contributed by atoms with Gasteiger partial charge in [0.1, 0.15) is 11.4 Å². The average molecular weight is 354 g/mol. The van der Waals surface area contributed by atoms with Crippen LogP contribution in [0.25, 0.3) is 0 Å². The van der Waals surface area contributed by atoms with Crippen molar-refractivity contribution in [1.29, 1.82) is 0 Å². The van der Waals surface area contributed by atoms with Crippen molar-refractivity contribution in [2.24, 2.45) is 0 Å². The molecular formula is C20H26N4O2. The molecule has 0 aliphatic carbocycles. The molecule has 1 aromatic heterocycles. The molecule has 1 aromatic carbocycles. The van der Waals surface area contributed by atoms with Crippen molar-refractivity contribution in [1.82, 2.24) is 19.8 Å². The molecule has 0 unspecified atom stereocenters. The normalized spacial score (nSPS) is 17.5. The lowest BCUT2D eigenvalue weighted by Crippen LogP contribution is -2.49. The van der Waals surface area contributed by atoms with Gasteiger partial charge in [-0.2, -0.15) is 0 Å². The summed E-state index contributed by atoms with van der Waals surface area (Å²) in [5.74, 6) is 0.295. The lowest BCUT2D eigenvalue weighted by molar-refractivity contribution is 0.0609. The summed E-state index contributed by atoms with van der Waals surface area (Å²) in [5.41, 5.74) is 1.09. The van der Waals surface area contributed by atoms with Crippen LogP contribution in [0.3, 0.4) is 0 Å². The largest absolute Gasteiger partial charge is 0.337 e. The monoisotopic (exact) mass is 354 g/mol. The molecule has 0 saturated carbocycles. The molecule has 1 aliphatic rings. The summed E-state index contributed by atoms with van der Waals surface area (Å²) < 4.78 is 0. The zero-order chi connectivity index (χ0) is 18.5. The second-order valence-electron chi connectivity index (χ2n) is 6.97. The van der Waals surface area contributed by atoms with Gasteiger partial charge in [-0.25, -0.2) is 4.98 Å². The number of aryl methyl sites for hydroxylation is 1. The third-order valence-electron chi connectivity index (χ3n) is 5.06. The lowest BCUT2D eigenvalue weighted by atomic mass is 10.0. The average Bonchev–Trinajstić information content (AvgIpc) is 2.66. The van der Waals surface area contributed by atoms with E-state index in [4.69, 9.17) is 0 Å². The van der Waals surface area contributed by atoms with Crippen LogP contribution in [0.5, 0.6) is 0 Å². The Morgan fingerprint density at radius 1 is 1.35 bits per heavy atom. The molecule has 1 atom stereocenters. The number of amides is 1. The van der Waals surface area contributed by atoms with Gasteiger partial charge in [0.15, 0.2) is 0 Å². The number of aromatic amines is 1. The predicted molar refractivity (Wildman–Crippen MR) is 101 cm³/mol. The number of rotatable bonds is 5. The van der Waals surface area contributed by atoms with Gasteiger partial charge in [0.2, 0.25) is 0 Å². The number of nitrogens with one attached hydrogen (secondary N) is 1. The summed E-state index contributed by atoms with van der Waals surface area (Å²) in [7, 11) is 2.11. The third-order valence-corrected chi connectivity index (χ3v) is 5.06. The van der Waals surface area contributed by atoms with Gasteiger partial charge in [-0.05, 0) is 38.8 Å². The van der Waals surface area contributed by atoms with E-state index in [2.05, 4.69) is 46.2 Å². The molecule has 0 spiro atoms. The van der Waals surface area contributed by atoms with E-state index in [1.165, 1.54) is 11.8 Å². The smallest absolute Gasteiger partial charge is 0.263 e. The van der Waals surface area contributed by atoms with E-state index in [9.17, 15) is 9.59 Å². The Morgan fingerprint density at radius 3 is 2.85 bits per heavy atom. The molecule has 1 saturated heterocycles. The molecule has 6 heteroatoms. The topological polar surface area (TPSA) is 69.3 Å². The number of carbonyl (C=O) groups excluding carboxylic acids is 1. The summed E-state index contributed by atoms with van der Waals surface area (Å²) in [6.07, 6.45) is 4.39. The summed E-state index contributed by atoms with van der Waals surface area (Å²) in [5, 5.41) is 0. The number of carbonyl (C=O) groups is 1. The number of hydrogen-bond acceptors (Lipinski definition) is 4. The standard InChI is InChI=1S/C20H26N4O2/c1-15-21-13-18(19(25)22-15)20(26)24-11-6-9-17(14-24)23(2)12-10-16-7-4-3-5-8-16/h3-5,7-8,13,17H,6,9-12,14H2,1-2H3,(H,21,22,25)/t17-/m1/s1. The van der Waals surface area contributed by atoms with Crippen LogP contribution >= 0.6 is 0 Å². The van der Waals surface area contributed by atoms with E-state index in [0.717, 1.165) is 25.8 Å². The van der Waals surface area contributed by atoms with Gasteiger partial charge >= 0.3 is 0 Å². The maximum absolute atomic E-state index is 12.7. The highest BCUT2D eigenvalue weighted by Crippen LogP contribution is 2.17. The molecular weight excluding hydrogens is 328 g/mol. The Bertz CT molecular complexity index is 803. The van der Waals surface area contributed by atoms with Gasteiger partial charge in [-0.3, -0.25) is 9.59 Å². The summed E-state index contributed by atoms with van der Waals surface area (Å²) in [4.78, 5) is 35.5. The highest BCUT2D eigenvalue weighted by Gasteiger charge is 2.28. The van der Waals surface area contributed by atoms with Gasteiger partial charge in [0, 0.05) is 31.9 Å². The van der Waals surface area contributed by atoms with E-state index in [0.29, 0.717) is 25.0 Å². The Kier molecular flexibility index (Phi) is 5.83. The number of benzene rings is 1. The Morgan fingerprint density at radius 2 is 2.12 bits per heavy atom. The first-order chi connectivity index (χ1) is 12.5. The number of H-pyrrole nitrogens is 1. The highest BCUT2D eigenvalue weighted by atomic mass is 16.2. The second-order valence-corrected chi connectivity index (χ2v) is 6.97. The maximum Gasteiger partial charge on any atom is 0.263 e. The molecule has 3 rings (SSSR count). The molecule has 1 amide bonds. The first kappa shape index (κ1) is 18.3. The fourth-order valence-corrected chi connectivity index (χ4v) is 3.44. The van der Waals surface area contributed by atoms with Crippen molar-refractivity contribution in [2.45, 2.75) is 32.2 Å². The van der Waals surface area contributed by atoms with E-state index in [1.54, 1.807) is 11.8 Å². The zero-order valence-corrected chi connectivity index (χ0v) is 15.4. The van der Waals surface area contributed by atoms with E-state index in [1.807, 2.05) is 6.07 Å². The van der Waals surface area contributed by atoms with Crippen LogP contribution in [0.15, 0.2) is 41.3 Å². The van der Waals surface area contributed by atoms with Crippen LogP contribution in [0.2, 0.25) is 0 Å². The fraction of sp³-hybridized carbons (Fsp3) is 0.450. The quantitative estimate of drug-likeness (QED) is 0.890. The van der Waals surface area contributed by atoms with E-state index >= 15 is 0 Å². The van der Waals surface area contributed by atoms with Crippen molar-refractivity contribution in [2.75, 3.05) is 26.7 Å². The first-order valence-electron chi connectivity index (χ1n) is 9.14. The van der Waals surface area contributed by atoms with Crippen LogP contribution in [0.1, 0.15) is 34.6 Å². The number of aromatic nitrogens is 2. The van der Waals surface area contributed by atoms with Crippen molar-refractivity contribution in [3.05, 3.63) is 63.8 Å². The summed E-state index contributed by atoms with van der Waals surface area (Å²) >= 11 is 0. The van der Waals surface area contributed by atoms with E-state index < -0.39 is 0 Å².